The fourth-order valence-corrected chi connectivity index (χ4v) is 3.48. The predicted octanol–water partition coefficient (Wildman–Crippen LogP) is 4.12. The van der Waals surface area contributed by atoms with Crippen molar-refractivity contribution >= 4 is 26.6 Å². The summed E-state index contributed by atoms with van der Waals surface area (Å²) in [4.78, 5) is 0. The Morgan fingerprint density at radius 2 is 1.74 bits per heavy atom. The first-order chi connectivity index (χ1) is 12.8. The molecule has 142 valence electrons. The summed E-state index contributed by atoms with van der Waals surface area (Å²) in [7, 11) is 0.159. The monoisotopic (exact) mass is 385 g/mol. The number of aryl methyl sites for hydroxylation is 1. The molecule has 3 aromatic rings. The highest BCUT2D eigenvalue weighted by molar-refractivity contribution is 7.92. The van der Waals surface area contributed by atoms with Crippen molar-refractivity contribution in [3.63, 3.8) is 0 Å². The Labute approximate surface area is 160 Å². The highest BCUT2D eigenvalue weighted by atomic mass is 32.2. The van der Waals surface area contributed by atoms with Crippen molar-refractivity contribution in [2.45, 2.75) is 13.8 Å². The van der Waals surface area contributed by atoms with E-state index in [-0.39, 0.29) is 0 Å². The summed E-state index contributed by atoms with van der Waals surface area (Å²) in [6.07, 6.45) is 1.10. The minimum absolute atomic E-state index is 0.477. The molecule has 0 saturated heterocycles. The fraction of sp³-hybridized carbons (Fsp3) is 0.250. The third-order valence-electron chi connectivity index (χ3n) is 3.98. The fourth-order valence-electron chi connectivity index (χ4n) is 2.91. The number of anilines is 1. The lowest BCUT2D eigenvalue weighted by Crippen LogP contribution is -2.09. The van der Waals surface area contributed by atoms with Crippen molar-refractivity contribution < 1.29 is 13.2 Å². The van der Waals surface area contributed by atoms with Crippen molar-refractivity contribution in [2.24, 2.45) is 7.05 Å². The van der Waals surface area contributed by atoms with E-state index in [0.29, 0.717) is 17.0 Å². The van der Waals surface area contributed by atoms with Crippen LogP contribution in [0.5, 0.6) is 5.75 Å². The van der Waals surface area contributed by atoms with Gasteiger partial charge < -0.3 is 9.30 Å². The Kier molecular flexibility index (Phi) is 6.13. The number of nitrogens with one attached hydrogen (secondary N) is 1. The summed E-state index contributed by atoms with van der Waals surface area (Å²) in [6.45, 7) is 4.00. The lowest BCUT2D eigenvalue weighted by molar-refractivity contribution is 0.415. The van der Waals surface area contributed by atoms with Gasteiger partial charge in [0, 0.05) is 23.6 Å². The number of ether oxygens (including phenoxy) is 1. The average Bonchev–Trinajstić information content (AvgIpc) is 2.94. The number of rotatable bonds is 4. The van der Waals surface area contributed by atoms with Crippen molar-refractivity contribution in [3.8, 4) is 23.1 Å². The van der Waals surface area contributed by atoms with Gasteiger partial charge in [-0.1, -0.05) is 26.0 Å². The molecular weight excluding hydrogens is 362 g/mol. The van der Waals surface area contributed by atoms with Crippen LogP contribution in [0, 0.1) is 11.3 Å². The van der Waals surface area contributed by atoms with Crippen LogP contribution in [0.3, 0.4) is 0 Å². The Hall–Kier alpha value is -2.98. The SMILES string of the molecule is CC.COc1ccc2c(c1)c(C#N)c(-c1ccc(NS(C)(=O)=O)cc1)n2C. The molecule has 0 unspecified atom stereocenters. The molecule has 1 N–H and O–H groups in total. The second kappa shape index (κ2) is 8.14. The number of methoxy groups -OCH3 is 1. The molecule has 2 aromatic carbocycles. The van der Waals surface area contributed by atoms with E-state index < -0.39 is 10.0 Å². The van der Waals surface area contributed by atoms with Gasteiger partial charge >= 0.3 is 0 Å². The molecule has 0 aliphatic carbocycles. The van der Waals surface area contributed by atoms with Crippen LogP contribution >= 0.6 is 0 Å². The number of benzene rings is 2. The molecule has 7 heteroatoms. The second-order valence-electron chi connectivity index (χ2n) is 5.73. The maximum absolute atomic E-state index is 11.3. The summed E-state index contributed by atoms with van der Waals surface area (Å²) in [5, 5.41) is 10.5. The molecule has 6 nitrogen and oxygen atoms in total. The van der Waals surface area contributed by atoms with Gasteiger partial charge in [0.1, 0.15) is 11.8 Å². The van der Waals surface area contributed by atoms with E-state index in [2.05, 4.69) is 10.8 Å². The third-order valence-corrected chi connectivity index (χ3v) is 4.59. The summed E-state index contributed by atoms with van der Waals surface area (Å²) in [5.41, 5.74) is 3.56. The number of sulfonamides is 1. The molecule has 0 saturated carbocycles. The molecule has 0 aliphatic rings. The van der Waals surface area contributed by atoms with Gasteiger partial charge in [-0.3, -0.25) is 4.72 Å². The molecule has 0 amide bonds. The van der Waals surface area contributed by atoms with Crippen LogP contribution in [-0.4, -0.2) is 26.4 Å². The minimum atomic E-state index is -3.33. The maximum Gasteiger partial charge on any atom is 0.229 e. The number of nitrogens with zero attached hydrogens (tertiary/aromatic N) is 2. The highest BCUT2D eigenvalue weighted by Crippen LogP contribution is 2.34. The molecule has 0 aliphatic heterocycles. The molecule has 3 rings (SSSR count). The van der Waals surface area contributed by atoms with E-state index in [1.807, 2.05) is 43.7 Å². The maximum atomic E-state index is 11.3. The number of nitriles is 1. The van der Waals surface area contributed by atoms with E-state index in [4.69, 9.17) is 4.74 Å². The Morgan fingerprint density at radius 1 is 1.11 bits per heavy atom. The smallest absolute Gasteiger partial charge is 0.229 e. The summed E-state index contributed by atoms with van der Waals surface area (Å²) >= 11 is 0. The summed E-state index contributed by atoms with van der Waals surface area (Å²) in [5.74, 6) is 0.689. The van der Waals surface area contributed by atoms with Gasteiger partial charge in [-0.05, 0) is 35.9 Å². The standard InChI is InChI=1S/C18H17N3O3S.C2H6/c1-21-17-9-8-14(24-2)10-15(17)16(11-19)18(21)12-4-6-13(7-5-12)20-25(3,22)23;1-2/h4-10,20H,1-3H3;1-2H3. The van der Waals surface area contributed by atoms with Crippen LogP contribution in [-0.2, 0) is 17.1 Å². The van der Waals surface area contributed by atoms with Crippen molar-refractivity contribution in [2.75, 3.05) is 18.1 Å². The second-order valence-corrected chi connectivity index (χ2v) is 7.48. The zero-order chi connectivity index (χ0) is 20.2. The van der Waals surface area contributed by atoms with Gasteiger partial charge in [-0.15, -0.1) is 0 Å². The number of hydrogen-bond donors (Lipinski definition) is 1. The van der Waals surface area contributed by atoms with E-state index in [1.54, 1.807) is 31.4 Å². The zero-order valence-corrected chi connectivity index (χ0v) is 16.9. The molecule has 1 heterocycles. The lowest BCUT2D eigenvalue weighted by Gasteiger charge is -2.08. The van der Waals surface area contributed by atoms with Gasteiger partial charge in [-0.2, -0.15) is 5.26 Å². The van der Waals surface area contributed by atoms with Crippen LogP contribution in [0.4, 0.5) is 5.69 Å². The number of hydrogen-bond acceptors (Lipinski definition) is 4. The highest BCUT2D eigenvalue weighted by Gasteiger charge is 2.17. The van der Waals surface area contributed by atoms with Crippen LogP contribution in [0.1, 0.15) is 19.4 Å². The first kappa shape index (κ1) is 20.3. The zero-order valence-electron chi connectivity index (χ0n) is 16.1. The molecule has 0 spiro atoms. The van der Waals surface area contributed by atoms with Crippen LogP contribution in [0.25, 0.3) is 22.2 Å². The number of aromatic nitrogens is 1. The largest absolute Gasteiger partial charge is 0.497 e. The normalized spacial score (nSPS) is 10.7. The Balaban J connectivity index is 0.00000126. The molecule has 0 bridgehead atoms. The molecule has 0 atom stereocenters. The Bertz CT molecular complexity index is 1090. The summed E-state index contributed by atoms with van der Waals surface area (Å²) in [6, 6.07) is 14.8. The van der Waals surface area contributed by atoms with Gasteiger partial charge in [0.15, 0.2) is 0 Å². The van der Waals surface area contributed by atoms with E-state index >= 15 is 0 Å². The van der Waals surface area contributed by atoms with Crippen LogP contribution in [0.15, 0.2) is 42.5 Å². The van der Waals surface area contributed by atoms with Crippen LogP contribution in [0.2, 0.25) is 0 Å². The van der Waals surface area contributed by atoms with Gasteiger partial charge in [0.25, 0.3) is 0 Å². The third kappa shape index (κ3) is 4.23. The average molecular weight is 385 g/mol. The van der Waals surface area contributed by atoms with Crippen LogP contribution < -0.4 is 9.46 Å². The van der Waals surface area contributed by atoms with E-state index in [0.717, 1.165) is 28.4 Å². The topological polar surface area (TPSA) is 84.1 Å². The van der Waals surface area contributed by atoms with Gasteiger partial charge in [0.05, 0.1) is 24.6 Å². The molecule has 0 fully saturated rings. The number of fused-ring (bicyclic) bond motifs is 1. The predicted molar refractivity (Wildman–Crippen MR) is 109 cm³/mol. The summed E-state index contributed by atoms with van der Waals surface area (Å²) < 4.78 is 32.3. The molecule has 27 heavy (non-hydrogen) atoms. The minimum Gasteiger partial charge on any atom is -0.497 e. The molecule has 0 radical (unpaired) electrons. The van der Waals surface area contributed by atoms with E-state index in [9.17, 15) is 13.7 Å². The molecular formula is C20H23N3O3S. The van der Waals surface area contributed by atoms with Crippen molar-refractivity contribution in [1.82, 2.24) is 4.57 Å². The first-order valence-corrected chi connectivity index (χ1v) is 10.4. The lowest BCUT2D eigenvalue weighted by atomic mass is 10.1. The first-order valence-electron chi connectivity index (χ1n) is 8.49. The Morgan fingerprint density at radius 3 is 2.26 bits per heavy atom. The van der Waals surface area contributed by atoms with E-state index in [1.165, 1.54) is 0 Å². The van der Waals surface area contributed by atoms with Gasteiger partial charge in [-0.25, -0.2) is 8.42 Å². The van der Waals surface area contributed by atoms with Crippen molar-refractivity contribution in [1.29, 1.82) is 5.26 Å². The van der Waals surface area contributed by atoms with Gasteiger partial charge in [0.2, 0.25) is 10.0 Å². The van der Waals surface area contributed by atoms with Crippen molar-refractivity contribution in [3.05, 3.63) is 48.0 Å². The quantitative estimate of drug-likeness (QED) is 0.732. The molecule has 1 aromatic heterocycles.